The molecule has 0 unspecified atom stereocenters. The number of sulfone groups is 1. The fraction of sp³-hybridized carbons (Fsp3) is 0.750. The summed E-state index contributed by atoms with van der Waals surface area (Å²) in [4.78, 5) is 21.4. The molecule has 2 atom stereocenters. The molecule has 1 saturated heterocycles. The predicted octanol–water partition coefficient (Wildman–Crippen LogP) is -0.491. The molecule has 0 aromatic carbocycles. The molecule has 0 aromatic rings. The van der Waals surface area contributed by atoms with Crippen LogP contribution in [0.5, 0.6) is 0 Å². The van der Waals surface area contributed by atoms with Crippen LogP contribution in [0.15, 0.2) is 0 Å². The normalized spacial score (nSPS) is 25.4. The van der Waals surface area contributed by atoms with E-state index in [4.69, 9.17) is 0 Å². The van der Waals surface area contributed by atoms with E-state index >= 15 is 0 Å². The largest absolute Gasteiger partial charge is 0.471 e. The van der Waals surface area contributed by atoms with Crippen molar-refractivity contribution in [2.45, 2.75) is 24.4 Å². The lowest BCUT2D eigenvalue weighted by Crippen LogP contribution is -2.55. The Bertz CT molecular complexity index is 498. The molecule has 122 valence electrons. The van der Waals surface area contributed by atoms with Gasteiger partial charge in [0.15, 0.2) is 9.84 Å². The second kappa shape index (κ2) is 5.35. The van der Waals surface area contributed by atoms with Crippen LogP contribution in [0.3, 0.4) is 0 Å². The van der Waals surface area contributed by atoms with Crippen molar-refractivity contribution in [3.05, 3.63) is 0 Å². The number of halogens is 6. The van der Waals surface area contributed by atoms with Crippen LogP contribution in [0, 0.1) is 0 Å². The molecule has 0 saturated carbocycles. The molecule has 1 rings (SSSR count). The predicted molar refractivity (Wildman–Crippen MR) is 54.6 cm³/mol. The monoisotopic (exact) mass is 342 g/mol. The van der Waals surface area contributed by atoms with Crippen LogP contribution >= 0.6 is 0 Å². The van der Waals surface area contributed by atoms with Gasteiger partial charge in [-0.15, -0.1) is 0 Å². The zero-order valence-electron chi connectivity index (χ0n) is 9.88. The minimum atomic E-state index is -5.33. The highest BCUT2D eigenvalue weighted by Gasteiger charge is 2.48. The molecule has 0 spiro atoms. The standard InChI is InChI=1S/C8H8F6N2O4S/c9-7(10,11)5(17)15-3-1-21(19,20)2-4(3)16-6(18)8(12,13)14/h3-4H,1-2H2,(H,15,17)(H,16,18)/t3-,4+. The Kier molecular flexibility index (Phi) is 4.46. The molecule has 1 fully saturated rings. The summed E-state index contributed by atoms with van der Waals surface area (Å²) >= 11 is 0. The van der Waals surface area contributed by atoms with E-state index in [1.165, 1.54) is 10.6 Å². The Balaban J connectivity index is 2.86. The molecule has 21 heavy (non-hydrogen) atoms. The van der Waals surface area contributed by atoms with Crippen LogP contribution in [0.1, 0.15) is 0 Å². The van der Waals surface area contributed by atoms with Gasteiger partial charge in [0.2, 0.25) is 0 Å². The van der Waals surface area contributed by atoms with Crippen molar-refractivity contribution >= 4 is 21.7 Å². The minimum absolute atomic E-state index is 1.00. The van der Waals surface area contributed by atoms with E-state index in [2.05, 4.69) is 0 Å². The van der Waals surface area contributed by atoms with Gasteiger partial charge in [-0.25, -0.2) is 8.42 Å². The number of hydrogen-bond acceptors (Lipinski definition) is 4. The average Bonchev–Trinajstić information content (AvgIpc) is 2.50. The maximum Gasteiger partial charge on any atom is 0.471 e. The summed E-state index contributed by atoms with van der Waals surface area (Å²) in [6, 6.07) is -3.59. The van der Waals surface area contributed by atoms with Gasteiger partial charge in [0.05, 0.1) is 23.6 Å². The van der Waals surface area contributed by atoms with Gasteiger partial charge in [-0.05, 0) is 0 Å². The zero-order chi connectivity index (χ0) is 16.6. The van der Waals surface area contributed by atoms with Crippen LogP contribution in [-0.2, 0) is 19.4 Å². The first kappa shape index (κ1) is 17.5. The Morgan fingerprint density at radius 1 is 0.810 bits per heavy atom. The Morgan fingerprint density at radius 2 is 1.10 bits per heavy atom. The van der Waals surface area contributed by atoms with E-state index in [9.17, 15) is 44.3 Å². The van der Waals surface area contributed by atoms with Gasteiger partial charge >= 0.3 is 24.2 Å². The Morgan fingerprint density at radius 3 is 1.33 bits per heavy atom. The summed E-state index contributed by atoms with van der Waals surface area (Å²) < 4.78 is 94.8. The summed E-state index contributed by atoms with van der Waals surface area (Å²) in [5.41, 5.74) is 0. The van der Waals surface area contributed by atoms with Crippen molar-refractivity contribution < 1.29 is 44.3 Å². The lowest BCUT2D eigenvalue weighted by Gasteiger charge is -2.21. The van der Waals surface area contributed by atoms with Gasteiger partial charge in [-0.3, -0.25) is 9.59 Å². The fourth-order valence-corrected chi connectivity index (χ4v) is 3.49. The maximum absolute atomic E-state index is 12.0. The third kappa shape index (κ3) is 4.75. The van der Waals surface area contributed by atoms with E-state index in [0.29, 0.717) is 0 Å². The number of hydrogen-bond donors (Lipinski definition) is 2. The molecule has 2 N–H and O–H groups in total. The van der Waals surface area contributed by atoms with E-state index in [0.717, 1.165) is 0 Å². The molecule has 1 aliphatic rings. The zero-order valence-corrected chi connectivity index (χ0v) is 10.7. The van der Waals surface area contributed by atoms with Crippen LogP contribution < -0.4 is 10.6 Å². The van der Waals surface area contributed by atoms with Gasteiger partial charge in [0.1, 0.15) is 0 Å². The van der Waals surface area contributed by atoms with Gasteiger partial charge in [-0.1, -0.05) is 0 Å². The van der Waals surface area contributed by atoms with Crippen molar-refractivity contribution in [1.82, 2.24) is 10.6 Å². The summed E-state index contributed by atoms with van der Waals surface area (Å²) in [6.45, 7) is 0. The van der Waals surface area contributed by atoms with Crippen LogP contribution in [0.2, 0.25) is 0 Å². The Labute approximate surface area is 113 Å². The third-order valence-electron chi connectivity index (χ3n) is 2.50. The van der Waals surface area contributed by atoms with Gasteiger partial charge in [-0.2, -0.15) is 26.3 Å². The SMILES string of the molecule is O=C(N[C@H]1CS(=O)(=O)C[C@H]1NC(=O)C(F)(F)F)C(F)(F)F. The molecule has 0 aromatic heterocycles. The first-order valence-corrected chi connectivity index (χ1v) is 7.00. The first-order chi connectivity index (χ1) is 9.22. The molecule has 0 bridgehead atoms. The highest BCUT2D eigenvalue weighted by molar-refractivity contribution is 7.91. The topological polar surface area (TPSA) is 92.3 Å². The van der Waals surface area contributed by atoms with Crippen LogP contribution in [0.4, 0.5) is 26.3 Å². The molecule has 1 heterocycles. The van der Waals surface area contributed by atoms with Crippen molar-refractivity contribution in [3.63, 3.8) is 0 Å². The van der Waals surface area contributed by atoms with E-state index in [1.807, 2.05) is 0 Å². The minimum Gasteiger partial charge on any atom is -0.342 e. The quantitative estimate of drug-likeness (QED) is 0.663. The summed E-state index contributed by atoms with van der Waals surface area (Å²) in [5, 5.41) is 2.51. The van der Waals surface area contributed by atoms with Crippen molar-refractivity contribution in [2.75, 3.05) is 11.5 Å². The number of amides is 2. The number of nitrogens with one attached hydrogen (secondary N) is 2. The molecule has 0 radical (unpaired) electrons. The molecule has 6 nitrogen and oxygen atoms in total. The lowest BCUT2D eigenvalue weighted by atomic mass is 10.1. The van der Waals surface area contributed by atoms with E-state index in [-0.39, 0.29) is 0 Å². The summed E-state index contributed by atoms with van der Waals surface area (Å²) in [7, 11) is -3.99. The molecular weight excluding hydrogens is 334 g/mol. The highest BCUT2D eigenvalue weighted by Crippen LogP contribution is 2.20. The van der Waals surface area contributed by atoms with Crippen molar-refractivity contribution in [3.8, 4) is 0 Å². The second-order valence-electron chi connectivity index (χ2n) is 4.23. The van der Waals surface area contributed by atoms with Crippen LogP contribution in [0.25, 0.3) is 0 Å². The van der Waals surface area contributed by atoms with E-state index < -0.39 is 57.6 Å². The molecule has 1 aliphatic heterocycles. The molecule has 13 heteroatoms. The number of carbonyl (C=O) groups excluding carboxylic acids is 2. The third-order valence-corrected chi connectivity index (χ3v) is 4.23. The number of carbonyl (C=O) groups is 2. The molecule has 2 amide bonds. The summed E-state index contributed by atoms with van der Waals surface area (Å²) in [6.07, 6.45) is -10.7. The van der Waals surface area contributed by atoms with Crippen LogP contribution in [-0.4, -0.2) is 56.2 Å². The fourth-order valence-electron chi connectivity index (χ4n) is 1.63. The maximum atomic E-state index is 12.0. The molecular formula is C8H8F6N2O4S. The first-order valence-electron chi connectivity index (χ1n) is 5.18. The van der Waals surface area contributed by atoms with Gasteiger partial charge in [0.25, 0.3) is 0 Å². The molecule has 0 aliphatic carbocycles. The summed E-state index contributed by atoms with van der Waals surface area (Å²) in [5.74, 6) is -7.01. The van der Waals surface area contributed by atoms with Crippen molar-refractivity contribution in [2.24, 2.45) is 0 Å². The van der Waals surface area contributed by atoms with Gasteiger partial charge < -0.3 is 10.6 Å². The lowest BCUT2D eigenvalue weighted by molar-refractivity contribution is -0.176. The van der Waals surface area contributed by atoms with E-state index in [1.54, 1.807) is 0 Å². The van der Waals surface area contributed by atoms with Crippen molar-refractivity contribution in [1.29, 1.82) is 0 Å². The number of alkyl halides is 6. The Hall–Kier alpha value is -1.53. The highest BCUT2D eigenvalue weighted by atomic mass is 32.2. The smallest absolute Gasteiger partial charge is 0.342 e. The second-order valence-corrected chi connectivity index (χ2v) is 6.39. The average molecular weight is 342 g/mol. The number of rotatable bonds is 2. The van der Waals surface area contributed by atoms with Gasteiger partial charge in [0, 0.05) is 0 Å².